The first kappa shape index (κ1) is 23.6. The van der Waals surface area contributed by atoms with Gasteiger partial charge in [-0.2, -0.15) is 0 Å². The number of hydrogen-bond acceptors (Lipinski definition) is 6. The van der Waals surface area contributed by atoms with Gasteiger partial charge in [0.2, 0.25) is 5.91 Å². The molecule has 0 atom stereocenters. The highest BCUT2D eigenvalue weighted by Crippen LogP contribution is 2.24. The average molecular weight is 478 g/mol. The van der Waals surface area contributed by atoms with Gasteiger partial charge in [-0.3, -0.25) is 14.5 Å². The van der Waals surface area contributed by atoms with Crippen LogP contribution in [0.25, 0.3) is 10.8 Å². The van der Waals surface area contributed by atoms with E-state index in [0.29, 0.717) is 29.7 Å². The number of hydrogen-bond donors (Lipinski definition) is 1. The summed E-state index contributed by atoms with van der Waals surface area (Å²) in [5.74, 6) is -0.281. The summed E-state index contributed by atoms with van der Waals surface area (Å²) in [5, 5.41) is 5.63. The van der Waals surface area contributed by atoms with Crippen LogP contribution in [-0.2, 0) is 22.5 Å². The third kappa shape index (κ3) is 6.06. The quantitative estimate of drug-likeness (QED) is 0.334. The summed E-state index contributed by atoms with van der Waals surface area (Å²) in [6.07, 6.45) is 7.92. The Labute approximate surface area is 202 Å². The van der Waals surface area contributed by atoms with Crippen molar-refractivity contribution >= 4 is 39.1 Å². The average Bonchev–Trinajstić information content (AvgIpc) is 3.55. The molecule has 2 amide bonds. The Hall–Kier alpha value is -3.56. The van der Waals surface area contributed by atoms with E-state index in [1.54, 1.807) is 24.5 Å². The molecule has 0 saturated carbocycles. The maximum Gasteiger partial charge on any atom is 0.263 e. The van der Waals surface area contributed by atoms with Crippen LogP contribution in [0.1, 0.15) is 21.7 Å². The Morgan fingerprint density at radius 2 is 2.03 bits per heavy atom. The van der Waals surface area contributed by atoms with Gasteiger partial charge in [0.25, 0.3) is 5.91 Å². The number of ether oxygens (including phenoxy) is 1. The number of nitrogens with zero attached hydrogens (tertiary/aromatic N) is 4. The van der Waals surface area contributed by atoms with Crippen LogP contribution in [0.4, 0.5) is 5.13 Å². The summed E-state index contributed by atoms with van der Waals surface area (Å²) in [6, 6.07) is 14.1. The summed E-state index contributed by atoms with van der Waals surface area (Å²) >= 11 is 1.21. The molecule has 0 spiro atoms. The summed E-state index contributed by atoms with van der Waals surface area (Å²) < 4.78 is 7.16. The van der Waals surface area contributed by atoms with Crippen molar-refractivity contribution in [2.24, 2.45) is 0 Å². The highest BCUT2D eigenvalue weighted by molar-refractivity contribution is 7.17. The fourth-order valence-corrected chi connectivity index (χ4v) is 4.47. The van der Waals surface area contributed by atoms with E-state index in [2.05, 4.69) is 15.3 Å². The van der Waals surface area contributed by atoms with Gasteiger partial charge in [-0.25, -0.2) is 9.97 Å². The van der Waals surface area contributed by atoms with Crippen molar-refractivity contribution in [3.8, 4) is 0 Å². The van der Waals surface area contributed by atoms with E-state index < -0.39 is 0 Å². The highest BCUT2D eigenvalue weighted by atomic mass is 32.1. The summed E-state index contributed by atoms with van der Waals surface area (Å²) in [7, 11) is 1.59. The number of anilines is 1. The monoisotopic (exact) mass is 477 g/mol. The molecule has 9 heteroatoms. The molecule has 0 saturated heterocycles. The molecule has 0 fully saturated rings. The number of rotatable bonds is 11. The molecule has 0 bridgehead atoms. The van der Waals surface area contributed by atoms with E-state index in [-0.39, 0.29) is 18.2 Å². The lowest BCUT2D eigenvalue weighted by molar-refractivity contribution is -0.118. The van der Waals surface area contributed by atoms with E-state index in [0.717, 1.165) is 29.3 Å². The molecule has 0 aliphatic rings. The van der Waals surface area contributed by atoms with E-state index in [1.807, 2.05) is 53.2 Å². The molecule has 0 aliphatic carbocycles. The maximum atomic E-state index is 13.2. The number of aromatic nitrogens is 3. The lowest BCUT2D eigenvalue weighted by Gasteiger charge is -2.19. The Balaban J connectivity index is 1.39. The molecule has 176 valence electrons. The van der Waals surface area contributed by atoms with Gasteiger partial charge in [0.1, 0.15) is 4.88 Å². The van der Waals surface area contributed by atoms with Gasteiger partial charge >= 0.3 is 0 Å². The molecule has 1 N–H and O–H groups in total. The molecule has 2 aromatic heterocycles. The Bertz CT molecular complexity index is 1240. The summed E-state index contributed by atoms with van der Waals surface area (Å²) in [5.41, 5.74) is 0.929. The minimum Gasteiger partial charge on any atom is -0.383 e. The van der Waals surface area contributed by atoms with Crippen molar-refractivity contribution in [3.05, 3.63) is 77.8 Å². The lowest BCUT2D eigenvalue weighted by atomic mass is 10.0. The number of carbonyl (C=O) groups excluding carboxylic acids is 2. The van der Waals surface area contributed by atoms with Gasteiger partial charge in [-0.05, 0) is 22.8 Å². The first-order valence-electron chi connectivity index (χ1n) is 11.1. The van der Waals surface area contributed by atoms with Crippen LogP contribution in [0.3, 0.4) is 0 Å². The second-order valence-electron chi connectivity index (χ2n) is 7.81. The number of amides is 2. The zero-order chi connectivity index (χ0) is 23.8. The standard InChI is InChI=1S/C25H27N5O3S/c1-33-14-13-30(23(31)16-19-7-8-20-5-2-3-6-21(20)15-19)25-28-17-22(34-25)24(32)27-9-4-11-29-12-10-26-18-29/h2-3,5-8,10,12,15,17-18H,4,9,11,13-14,16H2,1H3,(H,27,32). The fourth-order valence-electron chi connectivity index (χ4n) is 3.59. The van der Waals surface area contributed by atoms with Crippen LogP contribution in [0.15, 0.2) is 67.4 Å². The van der Waals surface area contributed by atoms with Crippen molar-refractivity contribution in [2.45, 2.75) is 19.4 Å². The topological polar surface area (TPSA) is 89.4 Å². The predicted octanol–water partition coefficient (Wildman–Crippen LogP) is 3.54. The number of imidazole rings is 1. The summed E-state index contributed by atoms with van der Waals surface area (Å²) in [6.45, 7) is 2.06. The van der Waals surface area contributed by atoms with E-state index in [9.17, 15) is 9.59 Å². The van der Waals surface area contributed by atoms with E-state index in [4.69, 9.17) is 4.74 Å². The molecule has 0 radical (unpaired) electrons. The molecular weight excluding hydrogens is 450 g/mol. The lowest BCUT2D eigenvalue weighted by Crippen LogP contribution is -2.35. The van der Waals surface area contributed by atoms with Crippen molar-refractivity contribution < 1.29 is 14.3 Å². The Morgan fingerprint density at radius 1 is 1.18 bits per heavy atom. The maximum absolute atomic E-state index is 13.2. The fraction of sp³-hybridized carbons (Fsp3) is 0.280. The molecule has 0 unspecified atom stereocenters. The van der Waals surface area contributed by atoms with Crippen molar-refractivity contribution in [1.82, 2.24) is 19.9 Å². The minimum atomic E-state index is -0.192. The Kier molecular flexibility index (Phi) is 8.00. The smallest absolute Gasteiger partial charge is 0.263 e. The van der Waals surface area contributed by atoms with Crippen LogP contribution in [0, 0.1) is 0 Å². The molecule has 2 aromatic carbocycles. The first-order valence-corrected chi connectivity index (χ1v) is 11.9. The summed E-state index contributed by atoms with van der Waals surface area (Å²) in [4.78, 5) is 36.2. The Morgan fingerprint density at radius 3 is 2.82 bits per heavy atom. The number of thiazole rings is 1. The number of fused-ring (bicyclic) bond motifs is 1. The third-order valence-electron chi connectivity index (χ3n) is 5.38. The van der Waals surface area contributed by atoms with Gasteiger partial charge in [0.05, 0.1) is 32.1 Å². The SMILES string of the molecule is COCCN(C(=O)Cc1ccc2ccccc2c1)c1ncc(C(=O)NCCCn2ccnc2)s1. The number of benzene rings is 2. The van der Waals surface area contributed by atoms with Crippen LogP contribution in [0.5, 0.6) is 0 Å². The van der Waals surface area contributed by atoms with Gasteiger partial charge in [-0.15, -0.1) is 0 Å². The second kappa shape index (κ2) is 11.5. The van der Waals surface area contributed by atoms with Crippen molar-refractivity contribution in [3.63, 3.8) is 0 Å². The molecule has 34 heavy (non-hydrogen) atoms. The predicted molar refractivity (Wildman–Crippen MR) is 133 cm³/mol. The molecule has 4 rings (SSSR count). The van der Waals surface area contributed by atoms with Gasteiger partial charge in [-0.1, -0.05) is 53.8 Å². The van der Waals surface area contributed by atoms with Crippen LogP contribution in [0.2, 0.25) is 0 Å². The first-order chi connectivity index (χ1) is 16.6. The largest absolute Gasteiger partial charge is 0.383 e. The zero-order valence-corrected chi connectivity index (χ0v) is 19.8. The van der Waals surface area contributed by atoms with Crippen molar-refractivity contribution in [1.29, 1.82) is 0 Å². The molecule has 4 aromatic rings. The van der Waals surface area contributed by atoms with Gasteiger partial charge in [0, 0.05) is 32.6 Å². The van der Waals surface area contributed by atoms with Crippen LogP contribution >= 0.6 is 11.3 Å². The van der Waals surface area contributed by atoms with Gasteiger partial charge < -0.3 is 14.6 Å². The van der Waals surface area contributed by atoms with Gasteiger partial charge in [0.15, 0.2) is 5.13 Å². The third-order valence-corrected chi connectivity index (χ3v) is 6.39. The van der Waals surface area contributed by atoms with E-state index in [1.165, 1.54) is 17.5 Å². The van der Waals surface area contributed by atoms with Crippen LogP contribution in [-0.4, -0.2) is 53.2 Å². The second-order valence-corrected chi connectivity index (χ2v) is 8.82. The minimum absolute atomic E-state index is 0.0889. The number of aryl methyl sites for hydroxylation is 1. The molecule has 0 aliphatic heterocycles. The number of methoxy groups -OCH3 is 1. The van der Waals surface area contributed by atoms with Crippen molar-refractivity contribution in [2.75, 3.05) is 31.7 Å². The molecular formula is C25H27N5O3S. The number of carbonyl (C=O) groups is 2. The molecule has 2 heterocycles. The highest BCUT2D eigenvalue weighted by Gasteiger charge is 2.21. The zero-order valence-electron chi connectivity index (χ0n) is 19.0. The molecule has 8 nitrogen and oxygen atoms in total. The number of nitrogens with one attached hydrogen (secondary N) is 1. The van der Waals surface area contributed by atoms with E-state index >= 15 is 0 Å². The van der Waals surface area contributed by atoms with Crippen LogP contribution < -0.4 is 10.2 Å². The normalized spacial score (nSPS) is 11.0.